The summed E-state index contributed by atoms with van der Waals surface area (Å²) in [7, 11) is 3.41. The molecular weight excluding hydrogens is 582 g/mol. The molecule has 1 atom stereocenters. The molecule has 1 amide bonds. The van der Waals surface area contributed by atoms with Gasteiger partial charge in [0.1, 0.15) is 6.10 Å². The maximum Gasteiger partial charge on any atom is 0.332 e. The Morgan fingerprint density at radius 1 is 0.783 bits per heavy atom. The molecule has 0 aromatic carbocycles. The third-order valence-corrected chi connectivity index (χ3v) is 9.09. The van der Waals surface area contributed by atoms with Crippen LogP contribution in [0.15, 0.2) is 15.9 Å². The van der Waals surface area contributed by atoms with Gasteiger partial charge in [-0.2, -0.15) is 0 Å². The SMILES string of the molecule is CCCCCCCCCCCCCCN(CC(CCCCCCCCCn1c(=O)c2c(ncn2C)n(C)c1=O)OC(C)=O)C(C)=O. The van der Waals surface area contributed by atoms with Crippen molar-refractivity contribution in [2.45, 2.75) is 162 Å². The van der Waals surface area contributed by atoms with E-state index in [2.05, 4.69) is 11.9 Å². The topological polar surface area (TPSA) is 108 Å². The molecule has 2 aromatic heterocycles. The Balaban J connectivity index is 1.61. The van der Waals surface area contributed by atoms with Crippen LogP contribution in [0.1, 0.15) is 149 Å². The fraction of sp³-hybridized carbons (Fsp3) is 0.806. The lowest BCUT2D eigenvalue weighted by atomic mass is 10.0. The van der Waals surface area contributed by atoms with E-state index < -0.39 is 0 Å². The van der Waals surface area contributed by atoms with Crippen molar-refractivity contribution >= 4 is 23.0 Å². The van der Waals surface area contributed by atoms with Crippen LogP contribution in [0.4, 0.5) is 0 Å². The molecular formula is C36H63N5O5. The first kappa shape index (κ1) is 39.3. The molecule has 0 saturated heterocycles. The second-order valence-electron chi connectivity index (χ2n) is 13.2. The second kappa shape index (κ2) is 22.6. The number of hydrogen-bond acceptors (Lipinski definition) is 6. The van der Waals surface area contributed by atoms with Crippen molar-refractivity contribution in [3.05, 3.63) is 27.2 Å². The van der Waals surface area contributed by atoms with Gasteiger partial charge in [0.2, 0.25) is 5.91 Å². The van der Waals surface area contributed by atoms with E-state index in [0.29, 0.717) is 24.3 Å². The fourth-order valence-electron chi connectivity index (χ4n) is 6.31. The molecule has 0 bridgehead atoms. The zero-order valence-corrected chi connectivity index (χ0v) is 29.7. The molecule has 0 fully saturated rings. The monoisotopic (exact) mass is 645 g/mol. The standard InChI is InChI=1S/C36H63N5O5/c1-6-7-8-9-10-11-12-13-14-17-20-23-26-40(30(2)42)28-32(46-31(3)43)25-22-19-16-15-18-21-24-27-41-35(44)33-34(37-29-38(33)4)39(5)36(41)45/h29,32H,6-28H2,1-5H3. The predicted octanol–water partition coefficient (Wildman–Crippen LogP) is 7.04. The van der Waals surface area contributed by atoms with Crippen LogP contribution < -0.4 is 11.2 Å². The number of esters is 1. The summed E-state index contributed by atoms with van der Waals surface area (Å²) in [6, 6.07) is 0. The highest BCUT2D eigenvalue weighted by Crippen LogP contribution is 2.15. The Morgan fingerprint density at radius 3 is 1.85 bits per heavy atom. The molecule has 0 aliphatic heterocycles. The van der Waals surface area contributed by atoms with E-state index in [4.69, 9.17) is 4.74 Å². The number of carbonyl (C=O) groups is 2. The molecule has 0 aliphatic carbocycles. The summed E-state index contributed by atoms with van der Waals surface area (Å²) >= 11 is 0. The van der Waals surface area contributed by atoms with Crippen molar-refractivity contribution in [3.8, 4) is 0 Å². The summed E-state index contributed by atoms with van der Waals surface area (Å²) in [6.07, 6.45) is 24.3. The van der Waals surface area contributed by atoms with Crippen LogP contribution in [-0.2, 0) is 35.0 Å². The molecule has 0 spiro atoms. The maximum atomic E-state index is 12.8. The number of aryl methyl sites for hydroxylation is 2. The smallest absolute Gasteiger partial charge is 0.332 e. The van der Waals surface area contributed by atoms with E-state index in [1.54, 1.807) is 31.9 Å². The van der Waals surface area contributed by atoms with Gasteiger partial charge >= 0.3 is 11.7 Å². The van der Waals surface area contributed by atoms with Gasteiger partial charge in [-0.1, -0.05) is 110 Å². The minimum atomic E-state index is -0.323. The number of fused-ring (bicyclic) bond motifs is 1. The van der Waals surface area contributed by atoms with E-state index in [0.717, 1.165) is 70.8 Å². The molecule has 10 heteroatoms. The first-order chi connectivity index (χ1) is 22.2. The second-order valence-corrected chi connectivity index (χ2v) is 13.2. The first-order valence-corrected chi connectivity index (χ1v) is 18.2. The van der Waals surface area contributed by atoms with Crippen molar-refractivity contribution in [2.24, 2.45) is 14.1 Å². The van der Waals surface area contributed by atoms with Gasteiger partial charge < -0.3 is 14.2 Å². The van der Waals surface area contributed by atoms with E-state index in [1.165, 1.54) is 80.3 Å². The average molecular weight is 646 g/mol. The molecule has 0 saturated carbocycles. The lowest BCUT2D eigenvalue weighted by Gasteiger charge is -2.26. The molecule has 0 aliphatic rings. The van der Waals surface area contributed by atoms with E-state index in [9.17, 15) is 19.2 Å². The van der Waals surface area contributed by atoms with Gasteiger partial charge in [-0.3, -0.25) is 23.5 Å². The van der Waals surface area contributed by atoms with Crippen LogP contribution in [0, 0.1) is 0 Å². The summed E-state index contributed by atoms with van der Waals surface area (Å²) in [5, 5.41) is 0. The lowest BCUT2D eigenvalue weighted by Crippen LogP contribution is -2.39. The minimum Gasteiger partial charge on any atom is -0.461 e. The van der Waals surface area contributed by atoms with Gasteiger partial charge in [0.05, 0.1) is 12.9 Å². The quantitative estimate of drug-likeness (QED) is 0.0803. The lowest BCUT2D eigenvalue weighted by molar-refractivity contribution is -0.149. The number of nitrogens with zero attached hydrogens (tertiary/aromatic N) is 5. The summed E-state index contributed by atoms with van der Waals surface area (Å²) in [5.74, 6) is -0.254. The molecule has 0 N–H and O–H groups in total. The third kappa shape index (κ3) is 14.2. The van der Waals surface area contributed by atoms with Crippen molar-refractivity contribution in [2.75, 3.05) is 13.1 Å². The summed E-state index contributed by atoms with van der Waals surface area (Å²) in [4.78, 5) is 55.6. The molecule has 46 heavy (non-hydrogen) atoms. The van der Waals surface area contributed by atoms with Crippen molar-refractivity contribution in [3.63, 3.8) is 0 Å². The van der Waals surface area contributed by atoms with Crippen LogP contribution in [0.3, 0.4) is 0 Å². The number of ether oxygens (including phenoxy) is 1. The molecule has 2 rings (SSSR count). The van der Waals surface area contributed by atoms with Gasteiger partial charge in [0.25, 0.3) is 5.56 Å². The van der Waals surface area contributed by atoms with Gasteiger partial charge in [0, 0.05) is 41.0 Å². The van der Waals surface area contributed by atoms with Gasteiger partial charge in [-0.05, 0) is 25.7 Å². The van der Waals surface area contributed by atoms with Crippen molar-refractivity contribution < 1.29 is 14.3 Å². The Labute approximate surface area is 276 Å². The highest BCUT2D eigenvalue weighted by atomic mass is 16.5. The molecule has 1 unspecified atom stereocenters. The van der Waals surface area contributed by atoms with E-state index in [-0.39, 0.29) is 29.2 Å². The van der Waals surface area contributed by atoms with Crippen LogP contribution >= 0.6 is 0 Å². The number of carbonyl (C=O) groups excluding carboxylic acids is 2. The molecule has 262 valence electrons. The number of rotatable bonds is 26. The predicted molar refractivity (Wildman–Crippen MR) is 186 cm³/mol. The molecule has 2 heterocycles. The van der Waals surface area contributed by atoms with Crippen molar-refractivity contribution in [1.82, 2.24) is 23.6 Å². The van der Waals surface area contributed by atoms with Crippen LogP contribution in [0.5, 0.6) is 0 Å². The highest BCUT2D eigenvalue weighted by molar-refractivity contribution is 5.73. The number of imidazole rings is 1. The van der Waals surface area contributed by atoms with E-state index >= 15 is 0 Å². The normalized spacial score (nSPS) is 12.1. The molecule has 2 aromatic rings. The van der Waals surface area contributed by atoms with Crippen LogP contribution in [0.25, 0.3) is 11.2 Å². The van der Waals surface area contributed by atoms with Crippen molar-refractivity contribution in [1.29, 1.82) is 0 Å². The highest BCUT2D eigenvalue weighted by Gasteiger charge is 2.19. The minimum absolute atomic E-state index is 0.0422. The maximum absolute atomic E-state index is 12.8. The van der Waals surface area contributed by atoms with Crippen LogP contribution in [0.2, 0.25) is 0 Å². The average Bonchev–Trinajstić information content (AvgIpc) is 3.41. The number of aromatic nitrogens is 4. The Morgan fingerprint density at radius 2 is 1.30 bits per heavy atom. The van der Waals surface area contributed by atoms with Gasteiger partial charge in [0.15, 0.2) is 11.2 Å². The molecule has 0 radical (unpaired) electrons. The van der Waals surface area contributed by atoms with Gasteiger partial charge in [-0.15, -0.1) is 0 Å². The summed E-state index contributed by atoms with van der Waals surface area (Å²) in [5.41, 5.74) is 0.261. The molecule has 10 nitrogen and oxygen atoms in total. The Kier molecular flexibility index (Phi) is 19.3. The largest absolute Gasteiger partial charge is 0.461 e. The zero-order chi connectivity index (χ0) is 33.7. The summed E-state index contributed by atoms with van der Waals surface area (Å²) in [6.45, 7) is 6.90. The Hall–Kier alpha value is -2.91. The van der Waals surface area contributed by atoms with Gasteiger partial charge in [-0.25, -0.2) is 9.78 Å². The summed E-state index contributed by atoms with van der Waals surface area (Å²) < 4.78 is 10.0. The fourth-order valence-corrected chi connectivity index (χ4v) is 6.31. The number of unbranched alkanes of at least 4 members (excludes halogenated alkanes) is 17. The third-order valence-electron chi connectivity index (χ3n) is 9.09. The van der Waals surface area contributed by atoms with E-state index in [1.807, 2.05) is 4.90 Å². The number of hydrogen-bond donors (Lipinski definition) is 0. The zero-order valence-electron chi connectivity index (χ0n) is 29.7. The first-order valence-electron chi connectivity index (χ1n) is 18.2. The number of amides is 1. The van der Waals surface area contributed by atoms with Crippen LogP contribution in [-0.4, -0.2) is 54.7 Å². The Bertz CT molecular complexity index is 1280.